The summed E-state index contributed by atoms with van der Waals surface area (Å²) in [7, 11) is 1.33. The van der Waals surface area contributed by atoms with Crippen molar-refractivity contribution in [2.24, 2.45) is 5.11 Å². The molecule has 0 unspecified atom stereocenters. The molecule has 0 aliphatic heterocycles. The summed E-state index contributed by atoms with van der Waals surface area (Å²) in [6.07, 6.45) is 1.50. The Morgan fingerprint density at radius 3 is 2.54 bits per heavy atom. The number of hydrogen-bond acceptors (Lipinski definition) is 5. The molecule has 0 saturated heterocycles. The number of carbonyl (C=O) groups is 1. The predicted molar refractivity (Wildman–Crippen MR) is 48.1 cm³/mol. The third-order valence-electron chi connectivity index (χ3n) is 1.51. The molecule has 0 atom stereocenters. The number of methoxy groups -OCH3 is 1. The zero-order valence-electron chi connectivity index (χ0n) is 8.34. The van der Waals surface area contributed by atoms with Crippen LogP contribution in [0.5, 0.6) is 0 Å². The highest BCUT2D eigenvalue weighted by Gasteiger charge is 2.26. The Bertz CT molecular complexity index is 234. The van der Waals surface area contributed by atoms with Gasteiger partial charge in [0.2, 0.25) is 0 Å². The van der Waals surface area contributed by atoms with Crippen LogP contribution in [-0.2, 0) is 9.53 Å². The van der Waals surface area contributed by atoms with E-state index in [1.165, 1.54) is 13.3 Å². The Balaban J connectivity index is 4.34. The van der Waals surface area contributed by atoms with Gasteiger partial charge in [-0.05, 0) is 20.8 Å². The van der Waals surface area contributed by atoms with Crippen LogP contribution >= 0.6 is 0 Å². The van der Waals surface area contributed by atoms with Crippen molar-refractivity contribution in [3.8, 4) is 0 Å². The quantitative estimate of drug-likeness (QED) is 0.513. The molecule has 0 radical (unpaired) electrons. The van der Waals surface area contributed by atoms with Crippen molar-refractivity contribution in [3.05, 3.63) is 11.9 Å². The molecule has 0 spiro atoms. The van der Waals surface area contributed by atoms with Gasteiger partial charge in [0, 0.05) is 6.20 Å². The maximum Gasteiger partial charge on any atom is 0.330 e. The Morgan fingerprint density at radius 1 is 1.62 bits per heavy atom. The highest BCUT2D eigenvalue weighted by Crippen LogP contribution is 2.05. The second-order valence-electron chi connectivity index (χ2n) is 3.16. The molecule has 0 aliphatic carbocycles. The first-order chi connectivity index (χ1) is 5.94. The van der Waals surface area contributed by atoms with Crippen LogP contribution in [0.25, 0.3) is 0 Å². The largest absolute Gasteiger partial charge is 0.467 e. The normalized spacial score (nSPS) is 12.2. The van der Waals surface area contributed by atoms with Crippen LogP contribution in [0.4, 0.5) is 0 Å². The lowest BCUT2D eigenvalue weighted by molar-refractivity contribution is -0.146. The topological polar surface area (TPSA) is 74.5 Å². The van der Waals surface area contributed by atoms with Gasteiger partial charge < -0.3 is 10.1 Å². The molecular weight excluding hydrogens is 170 g/mol. The van der Waals surface area contributed by atoms with Crippen LogP contribution in [0.2, 0.25) is 0 Å². The monoisotopic (exact) mass is 185 g/mol. The molecule has 2 N–H and O–H groups in total. The summed E-state index contributed by atoms with van der Waals surface area (Å²) in [5, 5.41) is 5.98. The second kappa shape index (κ2) is 4.59. The van der Waals surface area contributed by atoms with Gasteiger partial charge in [-0.3, -0.25) is 0 Å². The number of allylic oxidation sites excluding steroid dienone is 1. The van der Waals surface area contributed by atoms with Gasteiger partial charge >= 0.3 is 5.97 Å². The van der Waals surface area contributed by atoms with Gasteiger partial charge in [0.1, 0.15) is 5.54 Å². The van der Waals surface area contributed by atoms with Crippen molar-refractivity contribution in [2.45, 2.75) is 26.3 Å². The molecule has 0 aromatic carbocycles. The van der Waals surface area contributed by atoms with Gasteiger partial charge in [-0.1, -0.05) is 0 Å². The van der Waals surface area contributed by atoms with Crippen LogP contribution in [-0.4, -0.2) is 18.6 Å². The fraction of sp³-hybridized carbons (Fsp3) is 0.625. The number of rotatable bonds is 4. The Morgan fingerprint density at radius 2 is 2.15 bits per heavy atom. The van der Waals surface area contributed by atoms with Crippen LogP contribution in [0, 0.1) is 5.53 Å². The van der Waals surface area contributed by atoms with Crippen molar-refractivity contribution in [2.75, 3.05) is 7.11 Å². The van der Waals surface area contributed by atoms with E-state index in [2.05, 4.69) is 15.2 Å². The zero-order chi connectivity index (χ0) is 10.5. The third kappa shape index (κ3) is 3.68. The Labute approximate surface area is 77.7 Å². The molecule has 0 aliphatic rings. The van der Waals surface area contributed by atoms with E-state index in [-0.39, 0.29) is 5.97 Å². The Kier molecular flexibility index (Phi) is 4.10. The van der Waals surface area contributed by atoms with Gasteiger partial charge in [0.05, 0.1) is 12.8 Å². The molecular formula is C8H15N3O2. The summed E-state index contributed by atoms with van der Waals surface area (Å²) in [4.78, 5) is 11.1. The first-order valence-electron chi connectivity index (χ1n) is 3.84. The standard InChI is InChI=1S/C8H15N3O2/c1-6(11-9)5-10-8(2,3)7(12)13-4/h5,9-10H,1-4H3/b6-5-,11-9?. The van der Waals surface area contributed by atoms with Crippen LogP contribution in [0.1, 0.15) is 20.8 Å². The molecule has 5 nitrogen and oxygen atoms in total. The minimum absolute atomic E-state index is 0.360. The molecule has 0 fully saturated rings. The lowest BCUT2D eigenvalue weighted by Gasteiger charge is -2.21. The van der Waals surface area contributed by atoms with Crippen molar-refractivity contribution >= 4 is 5.97 Å². The molecule has 0 aromatic heterocycles. The van der Waals surface area contributed by atoms with Gasteiger partial charge in [0.25, 0.3) is 0 Å². The van der Waals surface area contributed by atoms with E-state index in [4.69, 9.17) is 5.53 Å². The van der Waals surface area contributed by atoms with E-state index in [1.54, 1.807) is 20.8 Å². The van der Waals surface area contributed by atoms with Crippen LogP contribution in [0.3, 0.4) is 0 Å². The smallest absolute Gasteiger partial charge is 0.330 e. The summed E-state index contributed by atoms with van der Waals surface area (Å²) in [5.41, 5.74) is 6.38. The summed E-state index contributed by atoms with van der Waals surface area (Å²) in [6, 6.07) is 0. The summed E-state index contributed by atoms with van der Waals surface area (Å²) >= 11 is 0. The number of ether oxygens (including phenoxy) is 1. The molecule has 0 rings (SSSR count). The summed E-state index contributed by atoms with van der Waals surface area (Å²) < 4.78 is 4.57. The molecule has 5 heteroatoms. The second-order valence-corrected chi connectivity index (χ2v) is 3.16. The first kappa shape index (κ1) is 11.6. The fourth-order valence-electron chi connectivity index (χ4n) is 0.631. The highest BCUT2D eigenvalue weighted by molar-refractivity contribution is 5.79. The number of nitrogens with zero attached hydrogens (tertiary/aromatic N) is 1. The van der Waals surface area contributed by atoms with E-state index < -0.39 is 5.54 Å². The summed E-state index contributed by atoms with van der Waals surface area (Å²) in [5.74, 6) is -0.360. The number of hydrogen-bond donors (Lipinski definition) is 2. The maximum absolute atomic E-state index is 11.1. The zero-order valence-corrected chi connectivity index (χ0v) is 8.34. The minimum Gasteiger partial charge on any atom is -0.467 e. The van der Waals surface area contributed by atoms with Crippen molar-refractivity contribution in [1.29, 1.82) is 5.53 Å². The third-order valence-corrected chi connectivity index (χ3v) is 1.51. The predicted octanol–water partition coefficient (Wildman–Crippen LogP) is 1.42. The molecule has 0 saturated carbocycles. The van der Waals surface area contributed by atoms with Crippen molar-refractivity contribution < 1.29 is 9.53 Å². The van der Waals surface area contributed by atoms with E-state index >= 15 is 0 Å². The first-order valence-corrected chi connectivity index (χ1v) is 3.84. The van der Waals surface area contributed by atoms with Crippen LogP contribution in [0.15, 0.2) is 17.0 Å². The van der Waals surface area contributed by atoms with Gasteiger partial charge in [-0.15, -0.1) is 0 Å². The SMILES string of the molecule is COC(=O)C(C)(C)N/C=C(/C)N=N. The van der Waals surface area contributed by atoms with E-state index in [0.717, 1.165) is 0 Å². The molecule has 74 valence electrons. The minimum atomic E-state index is -0.791. The summed E-state index contributed by atoms with van der Waals surface area (Å²) in [6.45, 7) is 5.03. The van der Waals surface area contributed by atoms with E-state index in [0.29, 0.717) is 5.70 Å². The molecule has 0 bridgehead atoms. The number of nitrogens with one attached hydrogen (secondary N) is 2. The van der Waals surface area contributed by atoms with E-state index in [9.17, 15) is 4.79 Å². The maximum atomic E-state index is 11.1. The number of carbonyl (C=O) groups excluding carboxylic acids is 1. The molecule has 0 heterocycles. The van der Waals surface area contributed by atoms with Crippen LogP contribution < -0.4 is 5.32 Å². The average molecular weight is 185 g/mol. The lowest BCUT2D eigenvalue weighted by Crippen LogP contribution is -2.44. The van der Waals surface area contributed by atoms with Gasteiger partial charge in [-0.25, -0.2) is 10.3 Å². The lowest BCUT2D eigenvalue weighted by atomic mass is 10.1. The Hall–Kier alpha value is -1.39. The fourth-order valence-corrected chi connectivity index (χ4v) is 0.631. The average Bonchev–Trinajstić information content (AvgIpc) is 2.12. The van der Waals surface area contributed by atoms with Crippen molar-refractivity contribution in [1.82, 2.24) is 5.32 Å². The highest BCUT2D eigenvalue weighted by atomic mass is 16.5. The van der Waals surface area contributed by atoms with Crippen molar-refractivity contribution in [3.63, 3.8) is 0 Å². The molecule has 0 aromatic rings. The van der Waals surface area contributed by atoms with Gasteiger partial charge in [0.15, 0.2) is 0 Å². The van der Waals surface area contributed by atoms with E-state index in [1.807, 2.05) is 0 Å². The van der Waals surface area contributed by atoms with Gasteiger partial charge in [-0.2, -0.15) is 5.11 Å². The number of esters is 1. The molecule has 0 amide bonds. The molecule has 13 heavy (non-hydrogen) atoms.